The van der Waals surface area contributed by atoms with Gasteiger partial charge < -0.3 is 10.6 Å². The fourth-order valence-electron chi connectivity index (χ4n) is 2.87. The maximum atomic E-state index is 12.5. The second kappa shape index (κ2) is 5.60. The lowest BCUT2D eigenvalue weighted by atomic mass is 9.90. The first-order chi connectivity index (χ1) is 10.1. The van der Waals surface area contributed by atoms with Crippen molar-refractivity contribution in [2.45, 2.75) is 25.8 Å². The zero-order valence-corrected chi connectivity index (χ0v) is 12.4. The summed E-state index contributed by atoms with van der Waals surface area (Å²) in [4.78, 5) is 12.5. The standard InChI is InChI=1S/C16H20N4O/c1-11-12(10-20(2)19-11)9-18-16(21)14-7-8-17-15-6-4-3-5-13(14)15/h3-6,10,14,17H,7-9H2,1-2H3,(H,18,21). The van der Waals surface area contributed by atoms with Gasteiger partial charge in [0.1, 0.15) is 0 Å². The van der Waals surface area contributed by atoms with E-state index in [0.29, 0.717) is 6.54 Å². The third-order valence-corrected chi connectivity index (χ3v) is 3.97. The van der Waals surface area contributed by atoms with Crippen LogP contribution in [0.5, 0.6) is 0 Å². The molecule has 0 saturated heterocycles. The molecule has 5 heteroatoms. The van der Waals surface area contributed by atoms with Crippen LogP contribution >= 0.6 is 0 Å². The third kappa shape index (κ3) is 2.77. The first-order valence-electron chi connectivity index (χ1n) is 7.25. The van der Waals surface area contributed by atoms with Gasteiger partial charge in [0.2, 0.25) is 5.91 Å². The Hall–Kier alpha value is -2.30. The van der Waals surface area contributed by atoms with Crippen LogP contribution in [0.25, 0.3) is 0 Å². The van der Waals surface area contributed by atoms with Crippen LogP contribution in [0.15, 0.2) is 30.5 Å². The number of para-hydroxylation sites is 1. The molecular formula is C16H20N4O. The highest BCUT2D eigenvalue weighted by atomic mass is 16.1. The highest BCUT2D eigenvalue weighted by Gasteiger charge is 2.25. The predicted octanol–water partition coefficient (Wildman–Crippen LogP) is 1.94. The van der Waals surface area contributed by atoms with Crippen molar-refractivity contribution in [3.63, 3.8) is 0 Å². The summed E-state index contributed by atoms with van der Waals surface area (Å²) in [6, 6.07) is 8.03. The van der Waals surface area contributed by atoms with Gasteiger partial charge in [-0.15, -0.1) is 0 Å². The average molecular weight is 284 g/mol. The van der Waals surface area contributed by atoms with Crippen LogP contribution in [0.2, 0.25) is 0 Å². The molecule has 0 spiro atoms. The smallest absolute Gasteiger partial charge is 0.227 e. The number of nitrogens with zero attached hydrogens (tertiary/aromatic N) is 2. The lowest BCUT2D eigenvalue weighted by molar-refractivity contribution is -0.122. The second-order valence-corrected chi connectivity index (χ2v) is 5.49. The number of rotatable bonds is 3. The number of amides is 1. The van der Waals surface area contributed by atoms with Gasteiger partial charge in [-0.05, 0) is 25.0 Å². The maximum absolute atomic E-state index is 12.5. The number of nitrogens with one attached hydrogen (secondary N) is 2. The number of carbonyl (C=O) groups is 1. The Kier molecular flexibility index (Phi) is 3.64. The van der Waals surface area contributed by atoms with Crippen LogP contribution in [-0.2, 0) is 18.4 Å². The Bertz CT molecular complexity index is 662. The van der Waals surface area contributed by atoms with Gasteiger partial charge in [-0.2, -0.15) is 5.10 Å². The van der Waals surface area contributed by atoms with Crippen molar-refractivity contribution < 1.29 is 4.79 Å². The third-order valence-electron chi connectivity index (χ3n) is 3.97. The van der Waals surface area contributed by atoms with Crippen LogP contribution in [0.4, 0.5) is 5.69 Å². The second-order valence-electron chi connectivity index (χ2n) is 5.49. The van der Waals surface area contributed by atoms with Gasteiger partial charge in [-0.3, -0.25) is 9.48 Å². The quantitative estimate of drug-likeness (QED) is 0.905. The molecule has 1 aromatic carbocycles. The summed E-state index contributed by atoms with van der Waals surface area (Å²) >= 11 is 0. The van der Waals surface area contributed by atoms with E-state index in [2.05, 4.69) is 15.7 Å². The van der Waals surface area contributed by atoms with E-state index in [-0.39, 0.29) is 11.8 Å². The van der Waals surface area contributed by atoms with E-state index in [1.54, 1.807) is 4.68 Å². The van der Waals surface area contributed by atoms with Gasteiger partial charge in [0, 0.05) is 37.6 Å². The summed E-state index contributed by atoms with van der Waals surface area (Å²) in [7, 11) is 1.89. The number of aryl methyl sites for hydroxylation is 2. The molecule has 0 radical (unpaired) electrons. The lowest BCUT2D eigenvalue weighted by Crippen LogP contribution is -2.32. The Balaban J connectivity index is 1.70. The summed E-state index contributed by atoms with van der Waals surface area (Å²) in [5, 5.41) is 10.7. The number of hydrogen-bond acceptors (Lipinski definition) is 3. The van der Waals surface area contributed by atoms with Crippen molar-refractivity contribution in [3.05, 3.63) is 47.3 Å². The van der Waals surface area contributed by atoms with Crippen molar-refractivity contribution in [3.8, 4) is 0 Å². The molecule has 3 rings (SSSR count). The first kappa shape index (κ1) is 13.7. The average Bonchev–Trinajstić information content (AvgIpc) is 2.82. The zero-order valence-electron chi connectivity index (χ0n) is 12.4. The Morgan fingerprint density at radius 2 is 2.29 bits per heavy atom. The molecule has 0 saturated carbocycles. The summed E-state index contributed by atoms with van der Waals surface area (Å²) in [6.07, 6.45) is 2.78. The maximum Gasteiger partial charge on any atom is 0.227 e. The fraction of sp³-hybridized carbons (Fsp3) is 0.375. The molecule has 110 valence electrons. The highest BCUT2D eigenvalue weighted by Crippen LogP contribution is 2.31. The molecule has 5 nitrogen and oxygen atoms in total. The number of hydrogen-bond donors (Lipinski definition) is 2. The molecule has 1 aliphatic heterocycles. The molecule has 1 atom stereocenters. The molecule has 2 N–H and O–H groups in total. The topological polar surface area (TPSA) is 59.0 Å². The Morgan fingerprint density at radius 3 is 3.05 bits per heavy atom. The van der Waals surface area contributed by atoms with Gasteiger partial charge in [0.05, 0.1) is 11.6 Å². The van der Waals surface area contributed by atoms with E-state index in [4.69, 9.17) is 0 Å². The zero-order chi connectivity index (χ0) is 14.8. The van der Waals surface area contributed by atoms with E-state index in [1.165, 1.54) is 0 Å². The fourth-order valence-corrected chi connectivity index (χ4v) is 2.87. The van der Waals surface area contributed by atoms with Gasteiger partial charge in [-0.25, -0.2) is 0 Å². The molecule has 1 aliphatic rings. The molecule has 1 amide bonds. The van der Waals surface area contributed by atoms with E-state index < -0.39 is 0 Å². The molecule has 0 bridgehead atoms. The molecule has 21 heavy (non-hydrogen) atoms. The highest BCUT2D eigenvalue weighted by molar-refractivity contribution is 5.86. The predicted molar refractivity (Wildman–Crippen MR) is 82.1 cm³/mol. The van der Waals surface area contributed by atoms with Gasteiger partial charge in [0.15, 0.2) is 0 Å². The summed E-state index contributed by atoms with van der Waals surface area (Å²) in [5.74, 6) is 0.0200. The monoisotopic (exact) mass is 284 g/mol. The van der Waals surface area contributed by atoms with Crippen molar-refractivity contribution in [1.29, 1.82) is 0 Å². The summed E-state index contributed by atoms with van der Waals surface area (Å²) < 4.78 is 1.77. The van der Waals surface area contributed by atoms with Crippen molar-refractivity contribution in [1.82, 2.24) is 15.1 Å². The van der Waals surface area contributed by atoms with E-state index >= 15 is 0 Å². The Labute approximate surface area is 124 Å². The minimum Gasteiger partial charge on any atom is -0.385 e. The van der Waals surface area contributed by atoms with Crippen molar-refractivity contribution in [2.24, 2.45) is 7.05 Å². The summed E-state index contributed by atoms with van der Waals surface area (Å²) in [5.41, 5.74) is 4.18. The molecule has 0 aliphatic carbocycles. The minimum atomic E-state index is -0.0700. The minimum absolute atomic E-state index is 0.0700. The molecule has 1 aromatic heterocycles. The summed E-state index contributed by atoms with van der Waals surface area (Å²) in [6.45, 7) is 3.33. The lowest BCUT2D eigenvalue weighted by Gasteiger charge is -2.25. The van der Waals surface area contributed by atoms with Crippen LogP contribution < -0.4 is 10.6 Å². The van der Waals surface area contributed by atoms with Crippen LogP contribution in [-0.4, -0.2) is 22.2 Å². The van der Waals surface area contributed by atoms with E-state index in [9.17, 15) is 4.79 Å². The largest absolute Gasteiger partial charge is 0.385 e. The first-order valence-corrected chi connectivity index (χ1v) is 7.25. The van der Waals surface area contributed by atoms with Crippen LogP contribution in [0, 0.1) is 6.92 Å². The van der Waals surface area contributed by atoms with Crippen molar-refractivity contribution >= 4 is 11.6 Å². The van der Waals surface area contributed by atoms with Gasteiger partial charge in [0.25, 0.3) is 0 Å². The van der Waals surface area contributed by atoms with E-state index in [1.807, 2.05) is 44.4 Å². The molecular weight excluding hydrogens is 264 g/mol. The van der Waals surface area contributed by atoms with Gasteiger partial charge >= 0.3 is 0 Å². The van der Waals surface area contributed by atoms with E-state index in [0.717, 1.165) is 35.5 Å². The molecule has 2 aromatic rings. The molecule has 1 unspecified atom stereocenters. The Morgan fingerprint density at radius 1 is 1.48 bits per heavy atom. The van der Waals surface area contributed by atoms with Gasteiger partial charge in [-0.1, -0.05) is 18.2 Å². The number of carbonyl (C=O) groups excluding carboxylic acids is 1. The number of benzene rings is 1. The molecule has 2 heterocycles. The SMILES string of the molecule is Cc1nn(C)cc1CNC(=O)C1CCNc2ccccc21. The normalized spacial score (nSPS) is 17.0. The van der Waals surface area contributed by atoms with Crippen molar-refractivity contribution in [2.75, 3.05) is 11.9 Å². The number of aromatic nitrogens is 2. The molecule has 0 fully saturated rings. The number of fused-ring (bicyclic) bond motifs is 1. The van der Waals surface area contributed by atoms with Crippen LogP contribution in [0.1, 0.15) is 29.2 Å². The van der Waals surface area contributed by atoms with Crippen LogP contribution in [0.3, 0.4) is 0 Å². The number of anilines is 1.